The largest absolute Gasteiger partial charge is 0.496 e. The smallest absolute Gasteiger partial charge is 0.123 e. The minimum absolute atomic E-state index is 0.190. The second kappa shape index (κ2) is 7.30. The van der Waals surface area contributed by atoms with Gasteiger partial charge < -0.3 is 14.8 Å². The second-order valence-corrected chi connectivity index (χ2v) is 4.21. The fraction of sp³-hybridized carbons (Fsp3) is 0.571. The summed E-state index contributed by atoms with van der Waals surface area (Å²) in [7, 11) is 3.43. The van der Waals surface area contributed by atoms with Crippen molar-refractivity contribution in [2.24, 2.45) is 0 Å². The van der Waals surface area contributed by atoms with Crippen LogP contribution >= 0.6 is 0 Å². The third kappa shape index (κ3) is 4.02. The SMILES string of the molecule is CCCNC(COC)c1ccc(C)cc1OC. The van der Waals surface area contributed by atoms with Crippen LogP contribution in [0.5, 0.6) is 5.75 Å². The monoisotopic (exact) mass is 237 g/mol. The summed E-state index contributed by atoms with van der Waals surface area (Å²) >= 11 is 0. The van der Waals surface area contributed by atoms with E-state index in [0.29, 0.717) is 6.61 Å². The first kappa shape index (κ1) is 14.0. The van der Waals surface area contributed by atoms with Crippen LogP contribution in [0.3, 0.4) is 0 Å². The van der Waals surface area contributed by atoms with Crippen LogP contribution in [0.25, 0.3) is 0 Å². The second-order valence-electron chi connectivity index (χ2n) is 4.21. The van der Waals surface area contributed by atoms with Gasteiger partial charge in [-0.1, -0.05) is 19.1 Å². The Balaban J connectivity index is 2.91. The zero-order valence-electron chi connectivity index (χ0n) is 11.2. The first-order valence-corrected chi connectivity index (χ1v) is 6.09. The third-order valence-corrected chi connectivity index (χ3v) is 2.74. The van der Waals surface area contributed by atoms with Crippen molar-refractivity contribution in [2.75, 3.05) is 27.4 Å². The van der Waals surface area contributed by atoms with E-state index in [9.17, 15) is 0 Å². The minimum atomic E-state index is 0.190. The molecule has 0 bridgehead atoms. The van der Waals surface area contributed by atoms with Crippen LogP contribution in [-0.2, 0) is 4.74 Å². The number of rotatable bonds is 7. The van der Waals surface area contributed by atoms with Gasteiger partial charge in [0.05, 0.1) is 19.8 Å². The lowest BCUT2D eigenvalue weighted by Crippen LogP contribution is -2.26. The molecule has 96 valence electrons. The van der Waals surface area contributed by atoms with E-state index >= 15 is 0 Å². The van der Waals surface area contributed by atoms with Crippen LogP contribution in [-0.4, -0.2) is 27.4 Å². The maximum Gasteiger partial charge on any atom is 0.123 e. The van der Waals surface area contributed by atoms with Crippen molar-refractivity contribution >= 4 is 0 Å². The average molecular weight is 237 g/mol. The van der Waals surface area contributed by atoms with E-state index in [2.05, 4.69) is 37.4 Å². The lowest BCUT2D eigenvalue weighted by molar-refractivity contribution is 0.165. The molecule has 0 aliphatic rings. The van der Waals surface area contributed by atoms with Gasteiger partial charge in [-0.25, -0.2) is 0 Å². The van der Waals surface area contributed by atoms with Gasteiger partial charge in [0, 0.05) is 12.7 Å². The van der Waals surface area contributed by atoms with Crippen molar-refractivity contribution in [3.05, 3.63) is 29.3 Å². The zero-order chi connectivity index (χ0) is 12.7. The first-order valence-electron chi connectivity index (χ1n) is 6.09. The minimum Gasteiger partial charge on any atom is -0.496 e. The molecule has 1 N–H and O–H groups in total. The Morgan fingerprint density at radius 1 is 1.29 bits per heavy atom. The Hall–Kier alpha value is -1.06. The van der Waals surface area contributed by atoms with Gasteiger partial charge in [-0.15, -0.1) is 0 Å². The predicted octanol–water partition coefficient (Wildman–Crippen LogP) is 2.69. The third-order valence-electron chi connectivity index (χ3n) is 2.74. The fourth-order valence-corrected chi connectivity index (χ4v) is 1.85. The summed E-state index contributed by atoms with van der Waals surface area (Å²) in [5.41, 5.74) is 2.37. The highest BCUT2D eigenvalue weighted by atomic mass is 16.5. The number of ether oxygens (including phenoxy) is 2. The molecule has 0 radical (unpaired) electrons. The van der Waals surface area contributed by atoms with Gasteiger partial charge >= 0.3 is 0 Å². The Bertz CT molecular complexity index is 339. The van der Waals surface area contributed by atoms with E-state index in [0.717, 1.165) is 24.3 Å². The molecule has 0 aromatic heterocycles. The molecule has 1 unspecified atom stereocenters. The molecule has 0 saturated heterocycles. The highest BCUT2D eigenvalue weighted by molar-refractivity contribution is 5.39. The van der Waals surface area contributed by atoms with Crippen LogP contribution in [0.1, 0.15) is 30.5 Å². The lowest BCUT2D eigenvalue weighted by Gasteiger charge is -2.20. The number of benzene rings is 1. The molecule has 17 heavy (non-hydrogen) atoms. The number of hydrogen-bond acceptors (Lipinski definition) is 3. The number of aryl methyl sites for hydroxylation is 1. The van der Waals surface area contributed by atoms with Gasteiger partial charge in [-0.05, 0) is 31.5 Å². The molecule has 0 heterocycles. The van der Waals surface area contributed by atoms with Gasteiger partial charge in [0.15, 0.2) is 0 Å². The molecule has 1 aromatic rings. The predicted molar refractivity (Wildman–Crippen MR) is 70.6 cm³/mol. The molecule has 3 heteroatoms. The molecule has 1 aromatic carbocycles. The lowest BCUT2D eigenvalue weighted by atomic mass is 10.0. The van der Waals surface area contributed by atoms with Crippen LogP contribution in [0.15, 0.2) is 18.2 Å². The maximum atomic E-state index is 5.44. The van der Waals surface area contributed by atoms with Crippen molar-refractivity contribution in [1.82, 2.24) is 5.32 Å². The van der Waals surface area contributed by atoms with Crippen LogP contribution in [0.4, 0.5) is 0 Å². The zero-order valence-corrected chi connectivity index (χ0v) is 11.2. The Morgan fingerprint density at radius 2 is 2.06 bits per heavy atom. The first-order chi connectivity index (χ1) is 8.22. The van der Waals surface area contributed by atoms with Crippen molar-refractivity contribution in [3.63, 3.8) is 0 Å². The molecule has 1 atom stereocenters. The standard InChI is InChI=1S/C14H23NO2/c1-5-8-15-13(10-16-3)12-7-6-11(2)9-14(12)17-4/h6-7,9,13,15H,5,8,10H2,1-4H3. The van der Waals surface area contributed by atoms with E-state index < -0.39 is 0 Å². The van der Waals surface area contributed by atoms with Crippen LogP contribution in [0.2, 0.25) is 0 Å². The van der Waals surface area contributed by atoms with Gasteiger partial charge in [-0.2, -0.15) is 0 Å². The van der Waals surface area contributed by atoms with Crippen LogP contribution < -0.4 is 10.1 Å². The molecule has 0 aliphatic heterocycles. The highest BCUT2D eigenvalue weighted by Crippen LogP contribution is 2.26. The molecule has 0 spiro atoms. The summed E-state index contributed by atoms with van der Waals surface area (Å²) in [6.45, 7) is 5.85. The van der Waals surface area contributed by atoms with Gasteiger partial charge in [0.25, 0.3) is 0 Å². The van der Waals surface area contributed by atoms with Crippen molar-refractivity contribution in [3.8, 4) is 5.75 Å². The topological polar surface area (TPSA) is 30.5 Å². The summed E-state index contributed by atoms with van der Waals surface area (Å²) in [5, 5.41) is 3.48. The van der Waals surface area contributed by atoms with E-state index in [1.54, 1.807) is 14.2 Å². The van der Waals surface area contributed by atoms with Crippen molar-refractivity contribution in [1.29, 1.82) is 0 Å². The van der Waals surface area contributed by atoms with E-state index in [4.69, 9.17) is 9.47 Å². The molecular formula is C14H23NO2. The summed E-state index contributed by atoms with van der Waals surface area (Å²) in [6, 6.07) is 6.47. The molecule has 3 nitrogen and oxygen atoms in total. The molecule has 0 saturated carbocycles. The average Bonchev–Trinajstić information content (AvgIpc) is 2.34. The summed E-state index contributed by atoms with van der Waals surface area (Å²) in [5.74, 6) is 0.927. The van der Waals surface area contributed by atoms with Gasteiger partial charge in [0.2, 0.25) is 0 Å². The summed E-state index contributed by atoms with van der Waals surface area (Å²) in [4.78, 5) is 0. The Kier molecular flexibility index (Phi) is 6.01. The number of nitrogens with one attached hydrogen (secondary N) is 1. The van der Waals surface area contributed by atoms with E-state index in [1.807, 2.05) is 0 Å². The Labute approximate surface area is 104 Å². The summed E-state index contributed by atoms with van der Waals surface area (Å²) < 4.78 is 10.7. The number of methoxy groups -OCH3 is 2. The maximum absolute atomic E-state index is 5.44. The van der Waals surface area contributed by atoms with Gasteiger partial charge in [-0.3, -0.25) is 0 Å². The summed E-state index contributed by atoms with van der Waals surface area (Å²) in [6.07, 6.45) is 1.11. The van der Waals surface area contributed by atoms with Crippen molar-refractivity contribution < 1.29 is 9.47 Å². The van der Waals surface area contributed by atoms with E-state index in [-0.39, 0.29) is 6.04 Å². The van der Waals surface area contributed by atoms with Crippen LogP contribution in [0, 0.1) is 6.92 Å². The number of hydrogen-bond donors (Lipinski definition) is 1. The van der Waals surface area contributed by atoms with Gasteiger partial charge in [0.1, 0.15) is 5.75 Å². The van der Waals surface area contributed by atoms with E-state index in [1.165, 1.54) is 5.56 Å². The quantitative estimate of drug-likeness (QED) is 0.791. The molecule has 0 fully saturated rings. The Morgan fingerprint density at radius 3 is 2.65 bits per heavy atom. The normalized spacial score (nSPS) is 12.5. The molecular weight excluding hydrogens is 214 g/mol. The fourth-order valence-electron chi connectivity index (χ4n) is 1.85. The van der Waals surface area contributed by atoms with Crippen molar-refractivity contribution in [2.45, 2.75) is 26.3 Å². The highest BCUT2D eigenvalue weighted by Gasteiger charge is 2.15. The molecule has 0 aliphatic carbocycles. The molecule has 1 rings (SSSR count). The molecule has 0 amide bonds.